The lowest BCUT2D eigenvalue weighted by Crippen LogP contribution is -2.60. The molecule has 0 saturated carbocycles. The molecule has 1 radical (unpaired) electrons. The molecule has 0 N–H and O–H groups in total. The first-order valence-electron chi connectivity index (χ1n) is 7.51. The molecule has 0 saturated heterocycles. The topological polar surface area (TPSA) is 23.8 Å². The average molecular weight is 445 g/mol. The minimum Gasteiger partial charge on any atom is -0.221 e. The zero-order valence-electron chi connectivity index (χ0n) is 14.1. The summed E-state index contributed by atoms with van der Waals surface area (Å²) >= 11 is 5.78. The molecule has 0 fully saturated rings. The predicted molar refractivity (Wildman–Crippen MR) is 85.0 cm³/mol. The number of hydrogen-bond acceptors (Lipinski definition) is 1. The van der Waals surface area contributed by atoms with Gasteiger partial charge in [-0.05, 0) is 30.2 Å². The van der Waals surface area contributed by atoms with Gasteiger partial charge in [0.05, 0.1) is 16.7 Å². The molecule has 0 heterocycles. The van der Waals surface area contributed by atoms with E-state index in [0.717, 1.165) is 31.2 Å². The van der Waals surface area contributed by atoms with E-state index in [4.69, 9.17) is 16.9 Å². The van der Waals surface area contributed by atoms with Gasteiger partial charge in [0, 0.05) is 17.2 Å². The third kappa shape index (κ3) is 3.64. The summed E-state index contributed by atoms with van der Waals surface area (Å²) in [6, 6.07) is 8.10. The molecule has 2 rings (SSSR count). The summed E-state index contributed by atoms with van der Waals surface area (Å²) in [4.78, 5) is 0. The summed E-state index contributed by atoms with van der Waals surface area (Å²) in [6.07, 6.45) is -13.5. The Kier molecular flexibility index (Phi) is 5.62. The van der Waals surface area contributed by atoms with E-state index in [1.54, 1.807) is 6.07 Å². The number of nitriles is 1. The normalized spacial score (nSPS) is 15.0. The molecule has 1 nitrogen and oxygen atoms in total. The van der Waals surface area contributed by atoms with Gasteiger partial charge in [-0.1, -0.05) is 29.8 Å². The summed E-state index contributed by atoms with van der Waals surface area (Å²) in [6.45, 7) is 1.00. The molecule has 0 amide bonds. The van der Waals surface area contributed by atoms with E-state index in [0.29, 0.717) is 0 Å². The second-order valence-corrected chi connectivity index (χ2v) is 6.35. The number of halogens is 10. The summed E-state index contributed by atoms with van der Waals surface area (Å²) < 4.78 is 122. The quantitative estimate of drug-likeness (QED) is 0.472. The molecular formula is C18H8ClF9N. The second-order valence-electron chi connectivity index (χ2n) is 5.97. The van der Waals surface area contributed by atoms with Gasteiger partial charge in [-0.25, -0.2) is 4.39 Å². The van der Waals surface area contributed by atoms with Gasteiger partial charge >= 0.3 is 23.9 Å². The van der Waals surface area contributed by atoms with Crippen molar-refractivity contribution < 1.29 is 39.5 Å². The Morgan fingerprint density at radius 3 is 1.83 bits per heavy atom. The number of nitrogens with zero attached hydrogens (tertiary/aromatic N) is 1. The molecule has 0 aliphatic heterocycles. The van der Waals surface area contributed by atoms with Gasteiger partial charge in [0.2, 0.25) is 0 Å². The first kappa shape index (κ1) is 22.9. The van der Waals surface area contributed by atoms with Crippen LogP contribution in [-0.2, 0) is 5.67 Å². The van der Waals surface area contributed by atoms with Crippen molar-refractivity contribution in [2.45, 2.75) is 30.9 Å². The Morgan fingerprint density at radius 1 is 0.897 bits per heavy atom. The molecule has 0 aromatic heterocycles. The Morgan fingerprint density at radius 2 is 1.41 bits per heavy atom. The van der Waals surface area contributed by atoms with Gasteiger partial charge in [-0.2, -0.15) is 40.4 Å². The standard InChI is InChI=1S/C18H8ClF9N/c1-9-6-12(15(20,17(23,24)25)16(21,22)18(26,27)28)14(13(19)7-9)11-4-2-10(8-29)3-5-11/h2-6H,1H3. The molecule has 1 atom stereocenters. The van der Waals surface area contributed by atoms with Gasteiger partial charge in [0.25, 0.3) is 0 Å². The molecule has 0 aliphatic carbocycles. The fraction of sp³-hybridized carbons (Fsp3) is 0.278. The van der Waals surface area contributed by atoms with Crippen molar-refractivity contribution in [2.75, 3.05) is 0 Å². The summed E-state index contributed by atoms with van der Waals surface area (Å²) in [5.74, 6) is -6.84. The van der Waals surface area contributed by atoms with Crippen molar-refractivity contribution in [3.8, 4) is 17.2 Å². The fourth-order valence-electron chi connectivity index (χ4n) is 2.64. The SMILES string of the molecule is Cc1[c]c(Cl)c(-c2ccc(C#N)cc2)c(C(F)(C(F)(F)F)C(F)(F)C(F)(F)F)c1. The lowest BCUT2D eigenvalue weighted by molar-refractivity contribution is -0.389. The van der Waals surface area contributed by atoms with Crippen LogP contribution < -0.4 is 0 Å². The third-order valence-corrected chi connectivity index (χ3v) is 4.29. The van der Waals surface area contributed by atoms with Crippen LogP contribution in [0.1, 0.15) is 16.7 Å². The molecule has 0 spiro atoms. The highest BCUT2D eigenvalue weighted by molar-refractivity contribution is 6.33. The summed E-state index contributed by atoms with van der Waals surface area (Å²) in [7, 11) is 0. The minimum absolute atomic E-state index is 0.00506. The van der Waals surface area contributed by atoms with Gasteiger partial charge in [0.15, 0.2) is 0 Å². The Balaban J connectivity index is 2.98. The monoisotopic (exact) mass is 444 g/mol. The van der Waals surface area contributed by atoms with Crippen LogP contribution in [0.25, 0.3) is 11.1 Å². The largest absolute Gasteiger partial charge is 0.457 e. The maximum absolute atomic E-state index is 15.0. The molecule has 11 heteroatoms. The summed E-state index contributed by atoms with van der Waals surface area (Å²) in [5, 5.41) is 7.96. The molecule has 155 valence electrons. The molecular weight excluding hydrogens is 437 g/mol. The van der Waals surface area contributed by atoms with Crippen molar-refractivity contribution in [1.29, 1.82) is 5.26 Å². The van der Waals surface area contributed by atoms with Crippen molar-refractivity contribution >= 4 is 11.6 Å². The zero-order valence-corrected chi connectivity index (χ0v) is 14.9. The zero-order chi connectivity index (χ0) is 22.4. The minimum atomic E-state index is -6.86. The van der Waals surface area contributed by atoms with E-state index in [9.17, 15) is 35.1 Å². The molecule has 2 aromatic carbocycles. The average Bonchev–Trinajstić information content (AvgIpc) is 2.58. The van der Waals surface area contributed by atoms with Crippen LogP contribution in [0, 0.1) is 24.3 Å². The van der Waals surface area contributed by atoms with Gasteiger partial charge < -0.3 is 0 Å². The molecule has 0 aliphatic rings. The van der Waals surface area contributed by atoms with Crippen LogP contribution in [0.2, 0.25) is 5.02 Å². The van der Waals surface area contributed by atoms with Gasteiger partial charge in [-0.3, -0.25) is 0 Å². The summed E-state index contributed by atoms with van der Waals surface area (Å²) in [5.41, 5.74) is -10.0. The van der Waals surface area contributed by atoms with Gasteiger partial charge in [-0.15, -0.1) is 0 Å². The Labute approximate surface area is 163 Å². The van der Waals surface area contributed by atoms with Crippen LogP contribution in [0.5, 0.6) is 0 Å². The van der Waals surface area contributed by atoms with E-state index in [-0.39, 0.29) is 11.6 Å². The number of alkyl halides is 9. The van der Waals surface area contributed by atoms with Crippen molar-refractivity contribution in [3.63, 3.8) is 0 Å². The second kappa shape index (κ2) is 7.13. The van der Waals surface area contributed by atoms with Crippen LogP contribution >= 0.6 is 11.6 Å². The fourth-order valence-corrected chi connectivity index (χ4v) is 3.00. The molecule has 2 aromatic rings. The Bertz CT molecular complexity index is 956. The van der Waals surface area contributed by atoms with Crippen LogP contribution in [-0.4, -0.2) is 18.3 Å². The van der Waals surface area contributed by atoms with E-state index in [2.05, 4.69) is 6.07 Å². The third-order valence-electron chi connectivity index (χ3n) is 4.01. The highest BCUT2D eigenvalue weighted by atomic mass is 35.5. The maximum Gasteiger partial charge on any atom is 0.457 e. The van der Waals surface area contributed by atoms with Gasteiger partial charge in [0.1, 0.15) is 0 Å². The van der Waals surface area contributed by atoms with Crippen LogP contribution in [0.3, 0.4) is 0 Å². The number of benzene rings is 2. The number of rotatable bonds is 3. The maximum atomic E-state index is 15.0. The highest BCUT2D eigenvalue weighted by Crippen LogP contribution is 2.60. The van der Waals surface area contributed by atoms with E-state index >= 15 is 4.39 Å². The first-order chi connectivity index (χ1) is 13.1. The highest BCUT2D eigenvalue weighted by Gasteiger charge is 2.82. The van der Waals surface area contributed by atoms with Crippen molar-refractivity contribution in [3.05, 3.63) is 58.1 Å². The molecule has 29 heavy (non-hydrogen) atoms. The number of aryl methyl sites for hydroxylation is 1. The lowest BCUT2D eigenvalue weighted by atomic mass is 9.81. The van der Waals surface area contributed by atoms with Crippen LogP contribution in [0.4, 0.5) is 39.5 Å². The van der Waals surface area contributed by atoms with E-state index in [1.807, 2.05) is 0 Å². The van der Waals surface area contributed by atoms with E-state index < -0.39 is 51.2 Å². The van der Waals surface area contributed by atoms with E-state index in [1.165, 1.54) is 0 Å². The first-order valence-corrected chi connectivity index (χ1v) is 7.89. The molecule has 0 bridgehead atoms. The van der Waals surface area contributed by atoms with Crippen LogP contribution in [0.15, 0.2) is 30.3 Å². The Hall–Kier alpha value is -2.41. The van der Waals surface area contributed by atoms with Crippen molar-refractivity contribution in [2.24, 2.45) is 0 Å². The molecule has 1 unspecified atom stereocenters. The predicted octanol–water partition coefficient (Wildman–Crippen LogP) is 6.91. The van der Waals surface area contributed by atoms with Crippen molar-refractivity contribution in [1.82, 2.24) is 0 Å². The number of hydrogen-bond donors (Lipinski definition) is 0. The lowest BCUT2D eigenvalue weighted by Gasteiger charge is -2.37. The smallest absolute Gasteiger partial charge is 0.221 e.